The van der Waals surface area contributed by atoms with Gasteiger partial charge in [0.05, 0.1) is 10.2 Å². The first-order chi connectivity index (χ1) is 9.22. The Kier molecular flexibility index (Phi) is 4.03. The van der Waals surface area contributed by atoms with E-state index < -0.39 is 21.9 Å². The van der Waals surface area contributed by atoms with Crippen molar-refractivity contribution in [1.82, 2.24) is 9.62 Å². The Morgan fingerprint density at radius 1 is 1.50 bits per heavy atom. The number of halogens is 2. The van der Waals surface area contributed by atoms with E-state index >= 15 is 0 Å². The Morgan fingerprint density at radius 2 is 2.15 bits per heavy atom. The van der Waals surface area contributed by atoms with E-state index in [1.54, 1.807) is 7.05 Å². The molecule has 1 aliphatic rings. The highest BCUT2D eigenvalue weighted by molar-refractivity contribution is 9.10. The normalized spacial score (nSPS) is 19.6. The van der Waals surface area contributed by atoms with Crippen molar-refractivity contribution in [2.75, 3.05) is 19.3 Å². The number of nitrogens with zero attached hydrogens (tertiary/aromatic N) is 1. The van der Waals surface area contributed by atoms with Gasteiger partial charge in [0.25, 0.3) is 0 Å². The third-order valence-corrected chi connectivity index (χ3v) is 5.20. The van der Waals surface area contributed by atoms with Gasteiger partial charge in [-0.2, -0.15) is 4.72 Å². The summed E-state index contributed by atoms with van der Waals surface area (Å²) in [6, 6.07) is 1.19. The molecule has 1 heterocycles. The summed E-state index contributed by atoms with van der Waals surface area (Å²) < 4.78 is 40.0. The fourth-order valence-electron chi connectivity index (χ4n) is 1.96. The van der Waals surface area contributed by atoms with E-state index in [0.29, 0.717) is 13.0 Å². The Hall–Kier alpha value is -1.19. The molecule has 6 nitrogen and oxygen atoms in total. The monoisotopic (exact) mass is 365 g/mol. The third kappa shape index (κ3) is 2.79. The molecule has 1 atom stereocenters. The molecule has 1 aliphatic heterocycles. The number of rotatable bonds is 3. The molecule has 1 amide bonds. The number of benzene rings is 1. The van der Waals surface area contributed by atoms with Crippen LogP contribution in [0.25, 0.3) is 0 Å². The molecule has 1 unspecified atom stereocenters. The van der Waals surface area contributed by atoms with Gasteiger partial charge in [0, 0.05) is 13.6 Å². The van der Waals surface area contributed by atoms with E-state index in [0.717, 1.165) is 12.1 Å². The van der Waals surface area contributed by atoms with E-state index in [2.05, 4.69) is 20.7 Å². The van der Waals surface area contributed by atoms with E-state index in [1.807, 2.05) is 0 Å². The zero-order chi connectivity index (χ0) is 15.1. The van der Waals surface area contributed by atoms with Crippen molar-refractivity contribution in [2.24, 2.45) is 0 Å². The van der Waals surface area contributed by atoms with E-state index in [4.69, 9.17) is 5.73 Å². The lowest BCUT2D eigenvalue weighted by molar-refractivity contribution is -0.127. The number of hydrogen-bond donors (Lipinski definition) is 2. The SMILES string of the molecule is CN1CCC(NS(=O)(=O)c2cc(Br)c(F)cc2N)C1=O. The average molecular weight is 366 g/mol. The maximum atomic E-state index is 13.3. The summed E-state index contributed by atoms with van der Waals surface area (Å²) in [4.78, 5) is 12.9. The zero-order valence-corrected chi connectivity index (χ0v) is 13.0. The second-order valence-electron chi connectivity index (χ2n) is 4.53. The molecule has 0 aliphatic carbocycles. The molecule has 1 saturated heterocycles. The van der Waals surface area contributed by atoms with Crippen molar-refractivity contribution in [2.45, 2.75) is 17.4 Å². The molecule has 9 heteroatoms. The van der Waals surface area contributed by atoms with Gasteiger partial charge in [-0.25, -0.2) is 12.8 Å². The minimum absolute atomic E-state index is 0.0121. The van der Waals surface area contributed by atoms with Crippen LogP contribution in [0.2, 0.25) is 0 Å². The molecule has 0 aromatic heterocycles. The van der Waals surface area contributed by atoms with Crippen LogP contribution in [0.3, 0.4) is 0 Å². The predicted molar refractivity (Wildman–Crippen MR) is 74.9 cm³/mol. The van der Waals surface area contributed by atoms with Crippen LogP contribution in [-0.2, 0) is 14.8 Å². The molecule has 110 valence electrons. The van der Waals surface area contributed by atoms with Crippen LogP contribution in [0, 0.1) is 5.82 Å². The number of amides is 1. The number of hydrogen-bond acceptors (Lipinski definition) is 4. The molecule has 0 saturated carbocycles. The van der Waals surface area contributed by atoms with Crippen molar-refractivity contribution in [3.05, 3.63) is 22.4 Å². The van der Waals surface area contributed by atoms with Gasteiger partial charge in [0.15, 0.2) is 0 Å². The number of likely N-dealkylation sites (N-methyl/N-ethyl adjacent to an activating group) is 1. The summed E-state index contributed by atoms with van der Waals surface area (Å²) in [6.07, 6.45) is 0.386. The summed E-state index contributed by atoms with van der Waals surface area (Å²) in [5.74, 6) is -0.952. The number of nitrogens with two attached hydrogens (primary N) is 1. The Morgan fingerprint density at radius 3 is 2.70 bits per heavy atom. The van der Waals surface area contributed by atoms with E-state index in [9.17, 15) is 17.6 Å². The number of sulfonamides is 1. The van der Waals surface area contributed by atoms with Crippen LogP contribution in [0.4, 0.5) is 10.1 Å². The Labute approximate surface area is 124 Å². The van der Waals surface area contributed by atoms with Crippen LogP contribution in [0.15, 0.2) is 21.5 Å². The van der Waals surface area contributed by atoms with Crippen LogP contribution >= 0.6 is 15.9 Å². The Balaban J connectivity index is 2.32. The summed E-state index contributed by atoms with van der Waals surface area (Å²) in [5, 5.41) is 0. The van der Waals surface area contributed by atoms with Gasteiger partial charge < -0.3 is 10.6 Å². The average Bonchev–Trinajstić information content (AvgIpc) is 2.65. The highest BCUT2D eigenvalue weighted by Gasteiger charge is 2.33. The van der Waals surface area contributed by atoms with Gasteiger partial charge in [-0.1, -0.05) is 0 Å². The molecule has 1 aromatic carbocycles. The number of nitrogens with one attached hydrogen (secondary N) is 1. The molecule has 0 radical (unpaired) electrons. The van der Waals surface area contributed by atoms with Gasteiger partial charge in [-0.15, -0.1) is 0 Å². The molecular formula is C11H13BrFN3O3S. The molecule has 0 spiro atoms. The number of carbonyl (C=O) groups excluding carboxylic acids is 1. The quantitative estimate of drug-likeness (QED) is 0.770. The number of carbonyl (C=O) groups is 1. The lowest BCUT2D eigenvalue weighted by Gasteiger charge is -2.14. The Bertz CT molecular complexity index is 665. The van der Waals surface area contributed by atoms with Gasteiger partial charge in [-0.05, 0) is 34.5 Å². The van der Waals surface area contributed by atoms with Crippen molar-refractivity contribution in [1.29, 1.82) is 0 Å². The zero-order valence-electron chi connectivity index (χ0n) is 10.6. The summed E-state index contributed by atoms with van der Waals surface area (Å²) >= 11 is 2.91. The summed E-state index contributed by atoms with van der Waals surface area (Å²) in [7, 11) is -2.39. The molecule has 1 fully saturated rings. The molecule has 1 aromatic rings. The third-order valence-electron chi connectivity index (χ3n) is 3.07. The maximum absolute atomic E-state index is 13.3. The molecule has 0 bridgehead atoms. The standard InChI is InChI=1S/C11H13BrFN3O3S/c1-16-3-2-9(11(16)17)15-20(18,19)10-4-6(12)7(13)5-8(10)14/h4-5,9,15H,2-3,14H2,1H3. The van der Waals surface area contributed by atoms with Gasteiger partial charge >= 0.3 is 0 Å². The second kappa shape index (κ2) is 5.30. The van der Waals surface area contributed by atoms with Crippen molar-refractivity contribution in [3.63, 3.8) is 0 Å². The largest absolute Gasteiger partial charge is 0.398 e. The van der Waals surface area contributed by atoms with Gasteiger partial charge in [0.2, 0.25) is 15.9 Å². The van der Waals surface area contributed by atoms with E-state index in [-0.39, 0.29) is 21.0 Å². The first-order valence-corrected chi connectivity index (χ1v) is 8.02. The highest BCUT2D eigenvalue weighted by atomic mass is 79.9. The fourth-order valence-corrected chi connectivity index (χ4v) is 3.82. The molecule has 20 heavy (non-hydrogen) atoms. The topological polar surface area (TPSA) is 92.5 Å². The molecule has 2 rings (SSSR count). The lowest BCUT2D eigenvalue weighted by atomic mass is 10.3. The number of likely N-dealkylation sites (tertiary alicyclic amines) is 1. The van der Waals surface area contributed by atoms with Crippen LogP contribution < -0.4 is 10.5 Å². The first-order valence-electron chi connectivity index (χ1n) is 5.74. The minimum atomic E-state index is -3.99. The van der Waals surface area contributed by atoms with Crippen LogP contribution in [0.5, 0.6) is 0 Å². The number of anilines is 1. The number of nitrogen functional groups attached to an aromatic ring is 1. The van der Waals surface area contributed by atoms with E-state index in [1.165, 1.54) is 4.90 Å². The maximum Gasteiger partial charge on any atom is 0.243 e. The minimum Gasteiger partial charge on any atom is -0.398 e. The van der Waals surface area contributed by atoms with Crippen molar-refractivity contribution >= 4 is 37.5 Å². The summed E-state index contributed by atoms with van der Waals surface area (Å²) in [5.41, 5.74) is 5.33. The van der Waals surface area contributed by atoms with Crippen LogP contribution in [-0.4, -0.2) is 38.9 Å². The fraction of sp³-hybridized carbons (Fsp3) is 0.364. The van der Waals surface area contributed by atoms with Crippen LogP contribution in [0.1, 0.15) is 6.42 Å². The second-order valence-corrected chi connectivity index (χ2v) is 7.06. The molecular weight excluding hydrogens is 353 g/mol. The molecule has 3 N–H and O–H groups in total. The lowest BCUT2D eigenvalue weighted by Crippen LogP contribution is -2.40. The van der Waals surface area contributed by atoms with Crippen molar-refractivity contribution in [3.8, 4) is 0 Å². The highest BCUT2D eigenvalue weighted by Crippen LogP contribution is 2.26. The van der Waals surface area contributed by atoms with Gasteiger partial charge in [-0.3, -0.25) is 4.79 Å². The smallest absolute Gasteiger partial charge is 0.243 e. The van der Waals surface area contributed by atoms with Crippen molar-refractivity contribution < 1.29 is 17.6 Å². The summed E-state index contributed by atoms with van der Waals surface area (Å²) in [6.45, 7) is 0.481. The van der Waals surface area contributed by atoms with Gasteiger partial charge in [0.1, 0.15) is 16.8 Å². The first kappa shape index (κ1) is 15.2. The predicted octanol–water partition coefficient (Wildman–Crippen LogP) is 0.679.